The van der Waals surface area contributed by atoms with E-state index >= 15 is 0 Å². The number of nitrogens with one attached hydrogen (secondary N) is 5. The van der Waals surface area contributed by atoms with Crippen molar-refractivity contribution < 1.29 is 28.7 Å². The Morgan fingerprint density at radius 1 is 0.655 bits per heavy atom. The van der Waals surface area contributed by atoms with Gasteiger partial charge in [-0.05, 0) is 59.8 Å². The van der Waals surface area contributed by atoms with E-state index in [2.05, 4.69) is 60.2 Å². The predicted octanol–water partition coefficient (Wildman–Crippen LogP) is 6.36. The van der Waals surface area contributed by atoms with E-state index in [0.717, 1.165) is 65.1 Å². The molecule has 0 saturated carbocycles. The summed E-state index contributed by atoms with van der Waals surface area (Å²) in [6.07, 6.45) is 5.04. The summed E-state index contributed by atoms with van der Waals surface area (Å²) >= 11 is 0. The third kappa shape index (κ3) is 8.76. The number of nitrogens with zero attached hydrogens (tertiary/aromatic N) is 4. The Morgan fingerprint density at radius 3 is 1.58 bits per heavy atom. The Balaban J connectivity index is 1.09. The largest absolute Gasteiger partial charge is 0.453 e. The lowest BCUT2D eigenvalue weighted by Gasteiger charge is -2.30. The van der Waals surface area contributed by atoms with Crippen molar-refractivity contribution in [2.75, 3.05) is 27.3 Å². The van der Waals surface area contributed by atoms with E-state index in [1.54, 1.807) is 22.2 Å². The summed E-state index contributed by atoms with van der Waals surface area (Å²) in [7, 11) is 2.58. The van der Waals surface area contributed by atoms with Gasteiger partial charge in [-0.1, -0.05) is 76.2 Å². The first-order valence-electron chi connectivity index (χ1n) is 18.8. The molecular weight excluding hydrogens is 702 g/mol. The smallest absolute Gasteiger partial charge is 0.408 e. The maximum absolute atomic E-state index is 13.5. The molecule has 2 fully saturated rings. The zero-order valence-electron chi connectivity index (χ0n) is 32.2. The van der Waals surface area contributed by atoms with Gasteiger partial charge in [-0.3, -0.25) is 4.79 Å². The van der Waals surface area contributed by atoms with E-state index < -0.39 is 24.4 Å². The van der Waals surface area contributed by atoms with Crippen LogP contribution in [-0.2, 0) is 14.3 Å². The second-order valence-electron chi connectivity index (χ2n) is 14.7. The Kier molecular flexibility index (Phi) is 12.1. The molecule has 292 valence electrons. The standard InChI is InChI=1S/C40H51N9O6/c1-23(2)33(45-39(52)54-5)37(50)48-19-7-9-31(48)35-41-21-29(43-35)27-15-11-25(12-16-27)26-13-17-28(18-14-26)30-22-42-36(44-30)32-10-8-20-49(32)38(51)46-34(24(3)4)47-40(53)55-6/h11-18,21-24,31-34H,7-10,19-20H2,1-6H3,(H,41,43)(H,42,44)(H,45,52)(H,46,51)(H,47,53)/t31-,32-,33-,34-/m0/s1. The van der Waals surface area contributed by atoms with Gasteiger partial charge < -0.3 is 45.2 Å². The lowest BCUT2D eigenvalue weighted by molar-refractivity contribution is -0.135. The molecule has 4 heterocycles. The number of likely N-dealkylation sites (tertiary alicyclic amines) is 2. The van der Waals surface area contributed by atoms with Gasteiger partial charge in [-0.2, -0.15) is 0 Å². The minimum atomic E-state index is -0.688. The number of alkyl carbamates (subject to hydrolysis) is 2. The molecule has 55 heavy (non-hydrogen) atoms. The van der Waals surface area contributed by atoms with E-state index in [1.165, 1.54) is 14.2 Å². The SMILES string of the molecule is COC(=O)N[C@H](NC(=O)N1CCC[C@H]1c1ncc(-c2ccc(-c3ccc(-c4cnc([C@@H]5CCCN5C(=O)[C@@H](NC(=O)OC)C(C)C)[nH]4)cc3)cc2)[nH]1)C(C)C. The monoisotopic (exact) mass is 753 g/mol. The van der Waals surface area contributed by atoms with E-state index in [4.69, 9.17) is 9.47 Å². The average molecular weight is 754 g/mol. The molecule has 2 aliphatic rings. The normalized spacial score (nSPS) is 18.0. The maximum Gasteiger partial charge on any atom is 0.408 e. The third-order valence-corrected chi connectivity index (χ3v) is 10.4. The van der Waals surface area contributed by atoms with Gasteiger partial charge in [-0.15, -0.1) is 0 Å². The van der Waals surface area contributed by atoms with Crippen molar-refractivity contribution >= 4 is 24.1 Å². The van der Waals surface area contributed by atoms with Crippen LogP contribution in [0.3, 0.4) is 0 Å². The molecule has 6 rings (SSSR count). The molecule has 15 nitrogen and oxygen atoms in total. The first-order chi connectivity index (χ1) is 26.5. The van der Waals surface area contributed by atoms with Crippen molar-refractivity contribution in [3.63, 3.8) is 0 Å². The molecule has 2 aliphatic heterocycles. The highest BCUT2D eigenvalue weighted by atomic mass is 16.5. The molecular formula is C40H51N9O6. The van der Waals surface area contributed by atoms with Gasteiger partial charge in [-0.25, -0.2) is 24.4 Å². The number of aromatic amines is 2. The number of benzene rings is 2. The Bertz CT molecular complexity index is 1960. The Labute approximate surface area is 321 Å². The van der Waals surface area contributed by atoms with Crippen LogP contribution in [0.1, 0.15) is 77.1 Å². The third-order valence-electron chi connectivity index (χ3n) is 10.4. The number of urea groups is 1. The number of amides is 5. The van der Waals surface area contributed by atoms with Crippen LogP contribution in [-0.4, -0.2) is 93.4 Å². The predicted molar refractivity (Wildman–Crippen MR) is 206 cm³/mol. The fourth-order valence-electron chi connectivity index (χ4n) is 7.25. The second kappa shape index (κ2) is 17.1. The number of hydrogen-bond acceptors (Lipinski definition) is 8. The summed E-state index contributed by atoms with van der Waals surface area (Å²) in [6, 6.07) is 15.1. The van der Waals surface area contributed by atoms with Crippen molar-refractivity contribution in [1.82, 2.24) is 45.7 Å². The molecule has 4 atom stereocenters. The van der Waals surface area contributed by atoms with Gasteiger partial charge in [0.25, 0.3) is 0 Å². The molecule has 2 aromatic carbocycles. The first-order valence-corrected chi connectivity index (χ1v) is 18.8. The molecule has 0 bridgehead atoms. The highest BCUT2D eigenvalue weighted by Crippen LogP contribution is 2.34. The van der Waals surface area contributed by atoms with Gasteiger partial charge in [0.15, 0.2) is 0 Å². The molecule has 0 radical (unpaired) electrons. The topological polar surface area (TPSA) is 187 Å². The van der Waals surface area contributed by atoms with Crippen molar-refractivity contribution in [2.24, 2.45) is 11.8 Å². The van der Waals surface area contributed by atoms with Crippen LogP contribution in [0.15, 0.2) is 60.9 Å². The molecule has 2 saturated heterocycles. The molecule has 0 unspecified atom stereocenters. The fourth-order valence-corrected chi connectivity index (χ4v) is 7.25. The van der Waals surface area contributed by atoms with Crippen LogP contribution in [0.4, 0.5) is 14.4 Å². The quantitative estimate of drug-likeness (QED) is 0.109. The first kappa shape index (κ1) is 38.9. The van der Waals surface area contributed by atoms with Crippen molar-refractivity contribution in [1.29, 1.82) is 0 Å². The van der Waals surface area contributed by atoms with E-state index in [0.29, 0.717) is 18.9 Å². The Hall–Kier alpha value is -5.86. The van der Waals surface area contributed by atoms with Crippen molar-refractivity contribution in [3.05, 3.63) is 72.6 Å². The van der Waals surface area contributed by atoms with Crippen LogP contribution in [0, 0.1) is 11.8 Å². The Morgan fingerprint density at radius 2 is 1.11 bits per heavy atom. The van der Waals surface area contributed by atoms with E-state index in [1.807, 2.05) is 52.0 Å². The number of hydrogen-bond donors (Lipinski definition) is 5. The molecule has 5 amide bonds. The summed E-state index contributed by atoms with van der Waals surface area (Å²) < 4.78 is 9.47. The van der Waals surface area contributed by atoms with Crippen LogP contribution < -0.4 is 16.0 Å². The van der Waals surface area contributed by atoms with Gasteiger partial charge >= 0.3 is 18.2 Å². The van der Waals surface area contributed by atoms with Crippen LogP contribution in [0.2, 0.25) is 0 Å². The van der Waals surface area contributed by atoms with Crippen LogP contribution >= 0.6 is 0 Å². The molecule has 0 aliphatic carbocycles. The molecule has 15 heteroatoms. The van der Waals surface area contributed by atoms with Crippen LogP contribution in [0.5, 0.6) is 0 Å². The lowest BCUT2D eigenvalue weighted by atomic mass is 10.0. The number of H-pyrrole nitrogens is 2. The minimum Gasteiger partial charge on any atom is -0.453 e. The van der Waals surface area contributed by atoms with E-state index in [-0.39, 0.29) is 35.9 Å². The number of ether oxygens (including phenoxy) is 2. The second-order valence-corrected chi connectivity index (χ2v) is 14.7. The fraction of sp³-hybridized carbons (Fsp3) is 0.450. The summed E-state index contributed by atoms with van der Waals surface area (Å²) in [5, 5.41) is 8.30. The van der Waals surface area contributed by atoms with Crippen molar-refractivity contribution in [2.45, 2.75) is 77.7 Å². The summed E-state index contributed by atoms with van der Waals surface area (Å²) in [4.78, 5) is 70.3. The number of rotatable bonds is 11. The molecule has 0 spiro atoms. The van der Waals surface area contributed by atoms with Gasteiger partial charge in [0.05, 0.1) is 50.1 Å². The number of imidazole rings is 2. The van der Waals surface area contributed by atoms with Crippen LogP contribution in [0.25, 0.3) is 33.6 Å². The van der Waals surface area contributed by atoms with Crippen molar-refractivity contribution in [3.8, 4) is 33.6 Å². The highest BCUT2D eigenvalue weighted by molar-refractivity contribution is 5.86. The summed E-state index contributed by atoms with van der Waals surface area (Å²) in [5.74, 6) is 1.15. The summed E-state index contributed by atoms with van der Waals surface area (Å²) in [6.45, 7) is 8.80. The molecule has 5 N–H and O–H groups in total. The van der Waals surface area contributed by atoms with Gasteiger partial charge in [0, 0.05) is 13.1 Å². The molecule has 2 aromatic heterocycles. The minimum absolute atomic E-state index is 0.0404. The zero-order chi connectivity index (χ0) is 39.2. The average Bonchev–Trinajstić information content (AvgIpc) is 4.03. The van der Waals surface area contributed by atoms with E-state index in [9.17, 15) is 19.2 Å². The number of aromatic nitrogens is 4. The summed E-state index contributed by atoms with van der Waals surface area (Å²) in [5.41, 5.74) is 5.77. The van der Waals surface area contributed by atoms with Gasteiger partial charge in [0.2, 0.25) is 5.91 Å². The zero-order valence-corrected chi connectivity index (χ0v) is 32.2. The van der Waals surface area contributed by atoms with Gasteiger partial charge in [0.1, 0.15) is 23.9 Å². The highest BCUT2D eigenvalue weighted by Gasteiger charge is 2.38. The maximum atomic E-state index is 13.5. The number of carbonyl (C=O) groups excluding carboxylic acids is 4. The number of carbonyl (C=O) groups is 4. The molecule has 4 aromatic rings. The lowest BCUT2D eigenvalue weighted by Crippen LogP contribution is -2.54. The number of methoxy groups -OCH3 is 2.